The quantitative estimate of drug-likeness (QED) is 0.537. The zero-order valence-electron chi connectivity index (χ0n) is 18.6. The van der Waals surface area contributed by atoms with Crippen molar-refractivity contribution in [2.24, 2.45) is 5.92 Å². The maximum atomic E-state index is 13.0. The summed E-state index contributed by atoms with van der Waals surface area (Å²) in [6.45, 7) is 3.19. The molecule has 1 unspecified atom stereocenters. The first kappa shape index (κ1) is 23.8. The number of halogens is 1. The average Bonchev–Trinajstić information content (AvgIpc) is 3.35. The van der Waals surface area contributed by atoms with Gasteiger partial charge in [-0.2, -0.15) is 0 Å². The number of aryl methyl sites for hydroxylation is 1. The Hall–Kier alpha value is -3.30. The Labute approximate surface area is 206 Å². The second-order valence-electron chi connectivity index (χ2n) is 8.17. The number of likely N-dealkylation sites (tertiary alicyclic amines) is 1. The molecule has 176 valence electrons. The number of aromatic nitrogens is 2. The highest BCUT2D eigenvalue weighted by Crippen LogP contribution is 2.21. The number of piperidine rings is 1. The third-order valence-corrected chi connectivity index (χ3v) is 6.73. The van der Waals surface area contributed by atoms with E-state index < -0.39 is 5.91 Å². The molecule has 1 atom stereocenters. The van der Waals surface area contributed by atoms with E-state index in [0.717, 1.165) is 22.5 Å². The van der Waals surface area contributed by atoms with Gasteiger partial charge in [-0.05, 0) is 49.6 Å². The molecule has 34 heavy (non-hydrogen) atoms. The van der Waals surface area contributed by atoms with Crippen LogP contribution in [0.15, 0.2) is 48.5 Å². The van der Waals surface area contributed by atoms with Crippen molar-refractivity contribution in [1.82, 2.24) is 20.4 Å². The molecule has 1 aromatic heterocycles. The zero-order chi connectivity index (χ0) is 24.1. The van der Waals surface area contributed by atoms with Gasteiger partial charge < -0.3 is 15.5 Å². The van der Waals surface area contributed by atoms with Crippen LogP contribution in [0, 0.1) is 12.8 Å². The molecular formula is C24H24ClN5O3S. The fourth-order valence-electron chi connectivity index (χ4n) is 3.67. The number of benzene rings is 2. The van der Waals surface area contributed by atoms with E-state index in [1.807, 2.05) is 31.2 Å². The second kappa shape index (κ2) is 10.8. The van der Waals surface area contributed by atoms with Gasteiger partial charge in [0.25, 0.3) is 11.8 Å². The van der Waals surface area contributed by atoms with Crippen molar-refractivity contribution in [1.29, 1.82) is 0 Å². The van der Waals surface area contributed by atoms with Crippen LogP contribution in [0.1, 0.15) is 43.6 Å². The molecule has 3 amide bonds. The number of nitrogens with zero attached hydrogens (tertiary/aromatic N) is 3. The minimum absolute atomic E-state index is 0.0946. The van der Waals surface area contributed by atoms with Gasteiger partial charge >= 0.3 is 0 Å². The topological polar surface area (TPSA) is 104 Å². The number of anilines is 1. The van der Waals surface area contributed by atoms with Crippen LogP contribution in [0.5, 0.6) is 0 Å². The summed E-state index contributed by atoms with van der Waals surface area (Å²) in [5.41, 5.74) is 2.68. The summed E-state index contributed by atoms with van der Waals surface area (Å²) in [5.74, 6) is -1.13. The Morgan fingerprint density at radius 1 is 1.06 bits per heavy atom. The average molecular weight is 498 g/mol. The van der Waals surface area contributed by atoms with E-state index in [1.165, 1.54) is 0 Å². The third-order valence-electron chi connectivity index (χ3n) is 5.57. The summed E-state index contributed by atoms with van der Waals surface area (Å²) < 4.78 is 0. The molecule has 10 heteroatoms. The van der Waals surface area contributed by atoms with Gasteiger partial charge in [-0.3, -0.25) is 14.4 Å². The van der Waals surface area contributed by atoms with E-state index in [-0.39, 0.29) is 27.7 Å². The fraction of sp³-hybridized carbons (Fsp3) is 0.292. The number of carbonyl (C=O) groups excluding carboxylic acids is 3. The standard InChI is InChI=1S/C24H24ClN5O3S/c1-15-4-10-19(11-5-15)27-21(32)22-28-29-23(34-22)24(33)30-12-2-3-17(14-30)20(31)26-13-16-6-8-18(25)9-7-16/h4-11,17H,2-3,12-14H2,1H3,(H,26,31)(H,27,32). The number of carbonyl (C=O) groups is 3. The van der Waals surface area contributed by atoms with Crippen molar-refractivity contribution < 1.29 is 14.4 Å². The second-order valence-corrected chi connectivity index (χ2v) is 9.58. The zero-order valence-corrected chi connectivity index (χ0v) is 20.2. The first-order chi connectivity index (χ1) is 16.4. The normalized spacial score (nSPS) is 15.6. The van der Waals surface area contributed by atoms with Crippen LogP contribution in [0.25, 0.3) is 0 Å². The molecule has 1 fully saturated rings. The lowest BCUT2D eigenvalue weighted by Crippen LogP contribution is -2.45. The van der Waals surface area contributed by atoms with Crippen molar-refractivity contribution >= 4 is 46.3 Å². The molecule has 0 radical (unpaired) electrons. The van der Waals surface area contributed by atoms with E-state index in [0.29, 0.717) is 43.2 Å². The van der Waals surface area contributed by atoms with Crippen molar-refractivity contribution in [2.75, 3.05) is 18.4 Å². The Morgan fingerprint density at radius 3 is 2.50 bits per heavy atom. The number of amides is 3. The first-order valence-electron chi connectivity index (χ1n) is 10.9. The van der Waals surface area contributed by atoms with Gasteiger partial charge in [-0.25, -0.2) is 0 Å². The number of rotatable bonds is 6. The maximum absolute atomic E-state index is 13.0. The van der Waals surface area contributed by atoms with Crippen LogP contribution in [0.4, 0.5) is 5.69 Å². The van der Waals surface area contributed by atoms with Crippen molar-refractivity contribution in [2.45, 2.75) is 26.3 Å². The molecule has 0 bridgehead atoms. The van der Waals surface area contributed by atoms with Crippen LogP contribution in [-0.4, -0.2) is 45.9 Å². The summed E-state index contributed by atoms with van der Waals surface area (Å²) in [4.78, 5) is 39.7. The number of hydrogen-bond acceptors (Lipinski definition) is 6. The van der Waals surface area contributed by atoms with Crippen LogP contribution in [-0.2, 0) is 11.3 Å². The minimum atomic E-state index is -0.418. The first-order valence-corrected chi connectivity index (χ1v) is 12.1. The molecule has 1 saturated heterocycles. The Morgan fingerprint density at radius 2 is 1.76 bits per heavy atom. The Kier molecular flexibility index (Phi) is 7.54. The SMILES string of the molecule is Cc1ccc(NC(=O)c2nnc(C(=O)N3CCCC(C(=O)NCc4ccc(Cl)cc4)C3)s2)cc1. The van der Waals surface area contributed by atoms with E-state index in [9.17, 15) is 14.4 Å². The fourth-order valence-corrected chi connectivity index (χ4v) is 4.50. The largest absolute Gasteiger partial charge is 0.352 e. The summed E-state index contributed by atoms with van der Waals surface area (Å²) in [5, 5.41) is 14.4. The Balaban J connectivity index is 1.33. The summed E-state index contributed by atoms with van der Waals surface area (Å²) in [6, 6.07) is 14.7. The van der Waals surface area contributed by atoms with Crippen LogP contribution in [0.2, 0.25) is 5.02 Å². The van der Waals surface area contributed by atoms with Gasteiger partial charge in [0, 0.05) is 30.3 Å². The van der Waals surface area contributed by atoms with Gasteiger partial charge in [-0.1, -0.05) is 52.8 Å². The van der Waals surface area contributed by atoms with Crippen molar-refractivity contribution in [3.8, 4) is 0 Å². The number of nitrogens with one attached hydrogen (secondary N) is 2. The predicted molar refractivity (Wildman–Crippen MR) is 131 cm³/mol. The van der Waals surface area contributed by atoms with Gasteiger partial charge in [-0.15, -0.1) is 10.2 Å². The predicted octanol–water partition coefficient (Wildman–Crippen LogP) is 3.92. The number of hydrogen-bond donors (Lipinski definition) is 2. The highest BCUT2D eigenvalue weighted by molar-refractivity contribution is 7.15. The molecule has 2 heterocycles. The van der Waals surface area contributed by atoms with Gasteiger partial charge in [0.15, 0.2) is 0 Å². The lowest BCUT2D eigenvalue weighted by Gasteiger charge is -2.31. The molecule has 2 aromatic carbocycles. The Bertz CT molecular complexity index is 1180. The van der Waals surface area contributed by atoms with Gasteiger partial charge in [0.2, 0.25) is 15.9 Å². The highest BCUT2D eigenvalue weighted by Gasteiger charge is 2.30. The molecule has 2 N–H and O–H groups in total. The smallest absolute Gasteiger partial charge is 0.286 e. The summed E-state index contributed by atoms with van der Waals surface area (Å²) in [7, 11) is 0. The highest BCUT2D eigenvalue weighted by atomic mass is 35.5. The van der Waals surface area contributed by atoms with E-state index in [4.69, 9.17) is 11.6 Å². The maximum Gasteiger partial charge on any atom is 0.286 e. The monoisotopic (exact) mass is 497 g/mol. The molecule has 0 spiro atoms. The molecule has 3 aromatic rings. The van der Waals surface area contributed by atoms with E-state index >= 15 is 0 Å². The molecule has 0 aliphatic carbocycles. The molecule has 4 rings (SSSR count). The molecular weight excluding hydrogens is 474 g/mol. The van der Waals surface area contributed by atoms with E-state index in [2.05, 4.69) is 20.8 Å². The van der Waals surface area contributed by atoms with Crippen LogP contribution >= 0.6 is 22.9 Å². The van der Waals surface area contributed by atoms with Gasteiger partial charge in [0.05, 0.1) is 5.92 Å². The molecule has 1 aliphatic heterocycles. The van der Waals surface area contributed by atoms with Crippen molar-refractivity contribution in [3.05, 3.63) is 74.7 Å². The summed E-state index contributed by atoms with van der Waals surface area (Å²) in [6.07, 6.45) is 1.42. The molecule has 1 aliphatic rings. The van der Waals surface area contributed by atoms with Crippen molar-refractivity contribution in [3.63, 3.8) is 0 Å². The molecule has 8 nitrogen and oxygen atoms in total. The summed E-state index contributed by atoms with van der Waals surface area (Å²) >= 11 is 6.84. The van der Waals surface area contributed by atoms with Crippen LogP contribution in [0.3, 0.4) is 0 Å². The van der Waals surface area contributed by atoms with Crippen LogP contribution < -0.4 is 10.6 Å². The van der Waals surface area contributed by atoms with E-state index in [1.54, 1.807) is 29.2 Å². The minimum Gasteiger partial charge on any atom is -0.352 e. The lowest BCUT2D eigenvalue weighted by molar-refractivity contribution is -0.126. The molecule has 0 saturated carbocycles. The third kappa shape index (κ3) is 5.98. The lowest BCUT2D eigenvalue weighted by atomic mass is 9.97. The van der Waals surface area contributed by atoms with Gasteiger partial charge in [0.1, 0.15) is 0 Å².